The van der Waals surface area contributed by atoms with Crippen molar-refractivity contribution in [3.05, 3.63) is 23.8 Å². The number of hydrogen-bond donors (Lipinski definition) is 1. The molecule has 4 heterocycles. The summed E-state index contributed by atoms with van der Waals surface area (Å²) in [5.41, 5.74) is 7.20. The normalized spacial score (nSPS) is 24.8. The van der Waals surface area contributed by atoms with E-state index in [1.807, 2.05) is 24.8 Å². The number of anilines is 2. The molecule has 1 amide bonds. The lowest BCUT2D eigenvalue weighted by atomic mass is 10.1. The predicted molar refractivity (Wildman–Crippen MR) is 124 cm³/mol. The molecule has 9 heteroatoms. The number of rotatable bonds is 4. The second kappa shape index (κ2) is 7.99. The maximum absolute atomic E-state index is 12.7. The van der Waals surface area contributed by atoms with Gasteiger partial charge in [0.1, 0.15) is 0 Å². The van der Waals surface area contributed by atoms with E-state index in [2.05, 4.69) is 37.7 Å². The molecule has 9 nitrogen and oxygen atoms in total. The van der Waals surface area contributed by atoms with Gasteiger partial charge in [-0.3, -0.25) is 4.79 Å². The Morgan fingerprint density at radius 3 is 2.58 bits per heavy atom. The van der Waals surface area contributed by atoms with Crippen LogP contribution in [0.3, 0.4) is 0 Å². The Labute approximate surface area is 194 Å². The molecule has 0 radical (unpaired) electrons. The average Bonchev–Trinajstić information content (AvgIpc) is 3.64. The highest BCUT2D eigenvalue weighted by atomic mass is 16.5. The highest BCUT2D eigenvalue weighted by molar-refractivity contribution is 5.83. The molecule has 1 atom stereocenters. The molecular weight excluding hydrogens is 420 g/mol. The van der Waals surface area contributed by atoms with Gasteiger partial charge in [-0.25, -0.2) is 5.43 Å². The van der Waals surface area contributed by atoms with Crippen molar-refractivity contribution in [3.63, 3.8) is 0 Å². The average molecular weight is 453 g/mol. The number of amides is 1. The maximum Gasteiger partial charge on any atom is 0.318 e. The molecule has 33 heavy (non-hydrogen) atoms. The molecule has 1 aromatic heterocycles. The number of aromatic nitrogens is 2. The van der Waals surface area contributed by atoms with Crippen molar-refractivity contribution in [2.45, 2.75) is 45.7 Å². The number of ether oxygens (including phenoxy) is 1. The number of carbonyl (C=O) groups excluding carboxylic acids is 1. The van der Waals surface area contributed by atoms with Crippen molar-refractivity contribution in [3.8, 4) is 11.5 Å². The molecule has 1 N–H and O–H groups in total. The molecule has 176 valence electrons. The number of nitrogens with one attached hydrogen (secondary N) is 1. The van der Waals surface area contributed by atoms with E-state index >= 15 is 0 Å². The summed E-state index contributed by atoms with van der Waals surface area (Å²) < 4.78 is 11.4. The first-order valence-corrected chi connectivity index (χ1v) is 12.3. The van der Waals surface area contributed by atoms with Crippen LogP contribution in [-0.4, -0.2) is 66.4 Å². The summed E-state index contributed by atoms with van der Waals surface area (Å²) in [6, 6.07) is 7.19. The minimum atomic E-state index is 0.300. The predicted octanol–water partition coefficient (Wildman–Crippen LogP) is 2.43. The summed E-state index contributed by atoms with van der Waals surface area (Å²) in [4.78, 5) is 16.8. The lowest BCUT2D eigenvalue weighted by Gasteiger charge is -2.36. The number of piperazine rings is 1. The summed E-state index contributed by atoms with van der Waals surface area (Å²) in [6.07, 6.45) is 3.61. The van der Waals surface area contributed by atoms with Crippen molar-refractivity contribution in [1.29, 1.82) is 0 Å². The summed E-state index contributed by atoms with van der Waals surface area (Å²) in [6.45, 7) is 9.24. The molecule has 2 saturated carbocycles. The maximum atomic E-state index is 12.7. The van der Waals surface area contributed by atoms with Gasteiger partial charge in [-0.15, -0.1) is 5.10 Å². The third-order valence-corrected chi connectivity index (χ3v) is 7.67. The molecule has 2 aromatic rings. The molecule has 5 aliphatic rings. The van der Waals surface area contributed by atoms with Crippen LogP contribution >= 0.6 is 0 Å². The quantitative estimate of drug-likeness (QED) is 0.757. The first-order chi connectivity index (χ1) is 16.2. The van der Waals surface area contributed by atoms with Gasteiger partial charge in [0, 0.05) is 44.2 Å². The van der Waals surface area contributed by atoms with Crippen molar-refractivity contribution in [1.82, 2.24) is 20.5 Å². The Hall–Kier alpha value is -2.65. The number of fused-ring (bicyclic) bond motifs is 1. The molecule has 4 fully saturated rings. The topological polar surface area (TPSA) is 87.0 Å². The Morgan fingerprint density at radius 1 is 1.12 bits per heavy atom. The van der Waals surface area contributed by atoms with E-state index in [1.165, 1.54) is 18.4 Å². The van der Waals surface area contributed by atoms with E-state index in [9.17, 15) is 4.79 Å². The van der Waals surface area contributed by atoms with Gasteiger partial charge in [0.15, 0.2) is 0 Å². The van der Waals surface area contributed by atoms with Crippen LogP contribution in [0.1, 0.15) is 38.7 Å². The van der Waals surface area contributed by atoms with Crippen LogP contribution in [0.4, 0.5) is 11.7 Å². The van der Waals surface area contributed by atoms with Gasteiger partial charge in [-0.2, -0.15) is 0 Å². The van der Waals surface area contributed by atoms with Gasteiger partial charge in [-0.1, -0.05) is 25.0 Å². The Morgan fingerprint density at radius 2 is 1.91 bits per heavy atom. The third kappa shape index (κ3) is 3.58. The van der Waals surface area contributed by atoms with Crippen LogP contribution in [0.15, 0.2) is 22.6 Å². The number of hydrazine groups is 1. The summed E-state index contributed by atoms with van der Waals surface area (Å²) in [5.74, 6) is 1.19. The first kappa shape index (κ1) is 20.9. The number of carbonyl (C=O) groups is 1. The molecule has 2 aliphatic carbocycles. The molecular formula is C24H32N6O3. The van der Waals surface area contributed by atoms with E-state index in [-0.39, 0.29) is 0 Å². The third-order valence-electron chi connectivity index (χ3n) is 7.67. The van der Waals surface area contributed by atoms with E-state index in [0.717, 1.165) is 63.6 Å². The van der Waals surface area contributed by atoms with Gasteiger partial charge < -0.3 is 24.0 Å². The minimum Gasteiger partial charge on any atom is -0.403 e. The Kier molecular flexibility index (Phi) is 5.06. The fraction of sp³-hybridized carbons (Fsp3) is 0.625. The van der Waals surface area contributed by atoms with Gasteiger partial charge >= 0.3 is 6.01 Å². The first-order valence-electron chi connectivity index (χ1n) is 12.3. The molecule has 3 aliphatic heterocycles. The second-order valence-corrected chi connectivity index (χ2v) is 9.56. The smallest absolute Gasteiger partial charge is 0.318 e. The Balaban J connectivity index is 0.00000101. The van der Waals surface area contributed by atoms with Crippen LogP contribution < -0.4 is 15.3 Å². The standard InChI is InChI=1S/C22H26N6O3.C2H6/c29-20(17-10-22(17)3-4-22)26-5-7-27(8-6-26)21-25-24-19(31-21)14-1-2-15-11-23-28(18(15)9-14)16-12-30-13-16;1-2/h1-2,9,16-17,23H,3-8,10-13H2;1-2H3. The number of nitrogens with zero attached hydrogens (tertiary/aromatic N) is 5. The minimum absolute atomic E-state index is 0.300. The summed E-state index contributed by atoms with van der Waals surface area (Å²) in [7, 11) is 0. The highest BCUT2D eigenvalue weighted by Gasteiger charge is 2.66. The van der Waals surface area contributed by atoms with Gasteiger partial charge in [0.2, 0.25) is 11.8 Å². The molecule has 1 aromatic carbocycles. The fourth-order valence-corrected chi connectivity index (χ4v) is 5.23. The van der Waals surface area contributed by atoms with Gasteiger partial charge in [0.05, 0.1) is 24.9 Å². The van der Waals surface area contributed by atoms with Crippen molar-refractivity contribution < 1.29 is 13.9 Å². The molecule has 7 rings (SSSR count). The van der Waals surface area contributed by atoms with Gasteiger partial charge in [-0.05, 0) is 42.4 Å². The van der Waals surface area contributed by atoms with Crippen LogP contribution in [0.2, 0.25) is 0 Å². The second-order valence-electron chi connectivity index (χ2n) is 9.56. The molecule has 2 saturated heterocycles. The zero-order valence-corrected chi connectivity index (χ0v) is 19.4. The zero-order valence-electron chi connectivity index (χ0n) is 19.4. The molecule has 1 unspecified atom stereocenters. The van der Waals surface area contributed by atoms with Crippen molar-refractivity contribution in [2.75, 3.05) is 49.3 Å². The molecule has 0 bridgehead atoms. The van der Waals surface area contributed by atoms with E-state index in [0.29, 0.717) is 35.2 Å². The SMILES string of the molecule is CC.O=C(C1CC12CC2)N1CCN(c2nnc(-c3ccc4c(c3)N(C3COC3)NC4)o2)CC1. The van der Waals surface area contributed by atoms with E-state index in [1.54, 1.807) is 0 Å². The zero-order chi connectivity index (χ0) is 22.6. The summed E-state index contributed by atoms with van der Waals surface area (Å²) >= 11 is 0. The number of benzene rings is 1. The monoisotopic (exact) mass is 452 g/mol. The number of hydrogen-bond acceptors (Lipinski definition) is 8. The van der Waals surface area contributed by atoms with Crippen LogP contribution in [-0.2, 0) is 16.1 Å². The Bertz CT molecular complexity index is 1040. The summed E-state index contributed by atoms with van der Waals surface area (Å²) in [5, 5.41) is 10.8. The van der Waals surface area contributed by atoms with Crippen molar-refractivity contribution >= 4 is 17.6 Å². The largest absolute Gasteiger partial charge is 0.403 e. The highest BCUT2D eigenvalue weighted by Crippen LogP contribution is 2.71. The van der Waals surface area contributed by atoms with Crippen molar-refractivity contribution in [2.24, 2.45) is 11.3 Å². The van der Waals surface area contributed by atoms with E-state index < -0.39 is 0 Å². The lowest BCUT2D eigenvalue weighted by Crippen LogP contribution is -2.53. The van der Waals surface area contributed by atoms with Crippen LogP contribution in [0.25, 0.3) is 11.5 Å². The van der Waals surface area contributed by atoms with Gasteiger partial charge in [0.25, 0.3) is 0 Å². The fourth-order valence-electron chi connectivity index (χ4n) is 5.23. The lowest BCUT2D eigenvalue weighted by molar-refractivity contribution is -0.133. The van der Waals surface area contributed by atoms with E-state index in [4.69, 9.17) is 9.15 Å². The van der Waals surface area contributed by atoms with Crippen LogP contribution in [0.5, 0.6) is 0 Å². The molecule has 1 spiro atoms. The van der Waals surface area contributed by atoms with Crippen LogP contribution in [0, 0.1) is 11.3 Å².